The minimum absolute atomic E-state index is 0.0815. The second kappa shape index (κ2) is 21.7. The Hall–Kier alpha value is -7.20. The van der Waals surface area contributed by atoms with Gasteiger partial charge in [0.2, 0.25) is 11.6 Å². The third kappa shape index (κ3) is 11.4. The molecule has 22 heteroatoms. The summed E-state index contributed by atoms with van der Waals surface area (Å²) in [5, 5.41) is 22.8. The Kier molecular flexibility index (Phi) is 15.3. The van der Waals surface area contributed by atoms with Gasteiger partial charge in [0, 0.05) is 76.5 Å². The molecule has 0 fully saturated rings. The lowest BCUT2D eigenvalue weighted by molar-refractivity contribution is -0.120. The molecule has 6 aromatic rings. The van der Waals surface area contributed by atoms with E-state index in [1.165, 1.54) is 44.0 Å². The van der Waals surface area contributed by atoms with Crippen LogP contribution in [0, 0.1) is 11.6 Å². The average molecular weight is 911 g/mol. The van der Waals surface area contributed by atoms with Gasteiger partial charge in [-0.2, -0.15) is 10.2 Å². The maximum absolute atomic E-state index is 13.9. The number of carbonyl (C=O) groups is 4. The molecule has 2 N–H and O–H groups in total. The maximum atomic E-state index is 13.9. The van der Waals surface area contributed by atoms with Crippen LogP contribution in [0.4, 0.5) is 20.4 Å². The Morgan fingerprint density at radius 2 is 1.06 bits per heavy atom. The molecule has 2 aliphatic rings. The van der Waals surface area contributed by atoms with E-state index in [0.29, 0.717) is 88.0 Å². The summed E-state index contributed by atoms with van der Waals surface area (Å²) in [6, 6.07) is 14.9. The molecule has 0 saturated heterocycles. The van der Waals surface area contributed by atoms with Crippen LogP contribution in [0.3, 0.4) is 0 Å². The Balaban J connectivity index is 0.000000196. The monoisotopic (exact) mass is 910 g/mol. The van der Waals surface area contributed by atoms with Crippen LogP contribution >= 0.6 is 0 Å². The van der Waals surface area contributed by atoms with Crippen molar-refractivity contribution < 1.29 is 37.4 Å². The fourth-order valence-electron chi connectivity index (χ4n) is 7.38. The predicted molar refractivity (Wildman–Crippen MR) is 234 cm³/mol. The highest BCUT2D eigenvalue weighted by Crippen LogP contribution is 2.23. The van der Waals surface area contributed by atoms with Gasteiger partial charge in [-0.05, 0) is 38.8 Å². The molecule has 348 valence electrons. The van der Waals surface area contributed by atoms with Gasteiger partial charge in [0.15, 0.2) is 0 Å². The van der Waals surface area contributed by atoms with E-state index in [4.69, 9.17) is 9.47 Å². The first kappa shape index (κ1) is 46.8. The number of hydrogen-bond donors (Lipinski definition) is 2. The number of carbonyl (C=O) groups excluding carboxylic acids is 4. The van der Waals surface area contributed by atoms with Crippen molar-refractivity contribution in [2.75, 3.05) is 50.3 Å². The first-order chi connectivity index (χ1) is 31.9. The minimum atomic E-state index is -0.741. The van der Waals surface area contributed by atoms with Gasteiger partial charge in [0.1, 0.15) is 48.0 Å². The zero-order chi connectivity index (χ0) is 46.7. The number of amides is 4. The van der Waals surface area contributed by atoms with E-state index < -0.39 is 23.9 Å². The van der Waals surface area contributed by atoms with E-state index in [1.807, 2.05) is 26.0 Å². The minimum Gasteiger partial charge on any atom is -0.381 e. The summed E-state index contributed by atoms with van der Waals surface area (Å²) in [6.45, 7) is 7.53. The average Bonchev–Trinajstić information content (AvgIpc) is 4.13. The van der Waals surface area contributed by atoms with Crippen LogP contribution in [0.1, 0.15) is 70.4 Å². The predicted octanol–water partition coefficient (Wildman–Crippen LogP) is 2.81. The highest BCUT2D eigenvalue weighted by Gasteiger charge is 2.33. The van der Waals surface area contributed by atoms with Crippen molar-refractivity contribution in [2.45, 2.75) is 77.8 Å². The van der Waals surface area contributed by atoms with E-state index in [1.54, 1.807) is 59.9 Å². The van der Waals surface area contributed by atoms with E-state index in [2.05, 4.69) is 41.0 Å². The van der Waals surface area contributed by atoms with E-state index in [9.17, 15) is 28.0 Å². The summed E-state index contributed by atoms with van der Waals surface area (Å²) >= 11 is 0. The molecule has 0 radical (unpaired) electrons. The number of ether oxygens (including phenoxy) is 2. The fraction of sp³-hybridized carbons (Fsp3) is 0.409. The molecule has 0 spiro atoms. The van der Waals surface area contributed by atoms with Crippen molar-refractivity contribution in [3.8, 4) is 0 Å². The highest BCUT2D eigenvalue weighted by molar-refractivity contribution is 6.01. The molecule has 2 aliphatic heterocycles. The van der Waals surface area contributed by atoms with Gasteiger partial charge in [0.05, 0.1) is 37.7 Å². The molecule has 0 aliphatic carbocycles. The van der Waals surface area contributed by atoms with Gasteiger partial charge < -0.3 is 20.1 Å². The van der Waals surface area contributed by atoms with Crippen LogP contribution in [0.2, 0.25) is 0 Å². The van der Waals surface area contributed by atoms with Gasteiger partial charge >= 0.3 is 0 Å². The van der Waals surface area contributed by atoms with E-state index in [0.717, 1.165) is 11.4 Å². The molecule has 20 nitrogen and oxygen atoms in total. The molecule has 0 bridgehead atoms. The summed E-state index contributed by atoms with van der Waals surface area (Å²) in [6.07, 6.45) is 4.81. The van der Waals surface area contributed by atoms with Crippen LogP contribution in [0.15, 0.2) is 73.3 Å². The number of halogens is 2. The normalized spacial score (nSPS) is 15.9. The maximum Gasteiger partial charge on any atom is 0.291 e. The SMILES string of the molecule is CCOCCc1cc2n(n1)CC[C@@H](NC(=O)c1ncn(Cc3ccccc3F)n1)C(=O)N2C.CCOCCc1cc2n(n1)CC[C@H](NC(=O)c1ncn(Cc3ccccc3F)n1)C(=O)N2C. The molecule has 0 unspecified atom stereocenters. The zero-order valence-corrected chi connectivity index (χ0v) is 37.1. The second-order valence-corrected chi connectivity index (χ2v) is 15.5. The van der Waals surface area contributed by atoms with E-state index >= 15 is 0 Å². The van der Waals surface area contributed by atoms with Crippen molar-refractivity contribution in [1.82, 2.24) is 59.7 Å². The summed E-state index contributed by atoms with van der Waals surface area (Å²) in [4.78, 5) is 62.4. The van der Waals surface area contributed by atoms with Crippen molar-refractivity contribution >= 4 is 35.3 Å². The Bertz CT molecular complexity index is 2460. The third-order valence-electron chi connectivity index (χ3n) is 10.9. The Morgan fingerprint density at radius 3 is 1.45 bits per heavy atom. The largest absolute Gasteiger partial charge is 0.381 e. The van der Waals surface area contributed by atoms with Crippen molar-refractivity contribution in [3.63, 3.8) is 0 Å². The Labute approximate surface area is 378 Å². The molecule has 4 aromatic heterocycles. The number of nitrogens with one attached hydrogen (secondary N) is 2. The molecule has 4 amide bonds. The number of likely N-dealkylation sites (N-methyl/N-ethyl adjacent to an activating group) is 2. The third-order valence-corrected chi connectivity index (χ3v) is 10.9. The van der Waals surface area contributed by atoms with Crippen LogP contribution in [0.5, 0.6) is 0 Å². The lowest BCUT2D eigenvalue weighted by atomic mass is 10.2. The highest BCUT2D eigenvalue weighted by atomic mass is 19.1. The summed E-state index contributed by atoms with van der Waals surface area (Å²) < 4.78 is 44.8. The quantitative estimate of drug-likeness (QED) is 0.134. The summed E-state index contributed by atoms with van der Waals surface area (Å²) in [5.74, 6) is -1.14. The number of benzene rings is 2. The van der Waals surface area contributed by atoms with Crippen molar-refractivity contribution in [2.24, 2.45) is 0 Å². The lowest BCUT2D eigenvalue weighted by Gasteiger charge is -2.19. The van der Waals surface area contributed by atoms with Crippen LogP contribution in [-0.4, -0.2) is 125 Å². The molecule has 6 heterocycles. The molecule has 8 rings (SSSR count). The van der Waals surface area contributed by atoms with Gasteiger partial charge in [-0.15, -0.1) is 10.2 Å². The van der Waals surface area contributed by atoms with E-state index in [-0.39, 0.29) is 48.2 Å². The molecular weight excluding hydrogens is 859 g/mol. The van der Waals surface area contributed by atoms with Gasteiger partial charge in [-0.25, -0.2) is 37.5 Å². The number of rotatable bonds is 16. The molecule has 2 atom stereocenters. The standard InChI is InChI=1S/2C22H26FN7O3/c2*1-3-33-11-9-16-12-19-28(2)22(32)18(8-10-30(19)26-16)25-21(31)20-24-14-29(27-20)13-15-6-4-5-7-17(15)23/h2*4-7,12,14,18H,3,8-11,13H2,1-2H3,(H,25,31)/t2*18-/m10/s1. The van der Waals surface area contributed by atoms with Gasteiger partial charge in [-0.1, -0.05) is 36.4 Å². The number of fused-ring (bicyclic) bond motifs is 2. The van der Waals surface area contributed by atoms with Crippen LogP contribution < -0.4 is 20.4 Å². The fourth-order valence-corrected chi connectivity index (χ4v) is 7.38. The zero-order valence-electron chi connectivity index (χ0n) is 37.1. The number of hydrogen-bond acceptors (Lipinski definition) is 12. The molecule has 2 aromatic carbocycles. The summed E-state index contributed by atoms with van der Waals surface area (Å²) in [5.41, 5.74) is 2.57. The van der Waals surface area contributed by atoms with Gasteiger partial charge in [0.25, 0.3) is 23.6 Å². The van der Waals surface area contributed by atoms with Gasteiger partial charge in [-0.3, -0.25) is 29.0 Å². The number of aryl methyl sites for hydroxylation is 2. The second-order valence-electron chi connectivity index (χ2n) is 15.5. The van der Waals surface area contributed by atoms with Crippen molar-refractivity contribution in [3.05, 3.63) is 119 Å². The van der Waals surface area contributed by atoms with Crippen LogP contribution in [-0.2, 0) is 58.1 Å². The number of aromatic nitrogens is 10. The molecular formula is C44H52F2N14O6. The number of anilines is 2. The first-order valence-electron chi connectivity index (χ1n) is 21.6. The Morgan fingerprint density at radius 1 is 0.652 bits per heavy atom. The molecule has 66 heavy (non-hydrogen) atoms. The first-order valence-corrected chi connectivity index (χ1v) is 21.6. The smallest absolute Gasteiger partial charge is 0.291 e. The molecule has 0 saturated carbocycles. The topological polar surface area (TPSA) is 214 Å². The summed E-state index contributed by atoms with van der Waals surface area (Å²) in [7, 11) is 3.32. The van der Waals surface area contributed by atoms with Crippen molar-refractivity contribution in [1.29, 1.82) is 0 Å². The number of nitrogens with zero attached hydrogens (tertiary/aromatic N) is 12. The van der Waals surface area contributed by atoms with Crippen LogP contribution in [0.25, 0.3) is 0 Å². The lowest BCUT2D eigenvalue weighted by Crippen LogP contribution is -2.47.